The van der Waals surface area contributed by atoms with Gasteiger partial charge in [-0.1, -0.05) is 12.1 Å². The lowest BCUT2D eigenvalue weighted by atomic mass is 9.74. The molecule has 168 valence electrons. The fraction of sp³-hybridized carbons (Fsp3) is 0.409. The third-order valence-electron chi connectivity index (χ3n) is 5.66. The van der Waals surface area contributed by atoms with Crippen molar-refractivity contribution in [1.82, 2.24) is 9.62 Å². The Bertz CT molecular complexity index is 1050. The number of ether oxygens (including phenoxy) is 2. The summed E-state index contributed by atoms with van der Waals surface area (Å²) in [6.07, 6.45) is 1.28. The number of hydrogen-bond acceptors (Lipinski definition) is 5. The average molecular weight is 451 g/mol. The number of rotatable bonds is 7. The Kier molecular flexibility index (Phi) is 6.98. The molecule has 1 amide bonds. The Labute approximate surface area is 182 Å². The summed E-state index contributed by atoms with van der Waals surface area (Å²) < 4.78 is 50.8. The highest BCUT2D eigenvalue weighted by molar-refractivity contribution is 7.89. The molecule has 1 aliphatic heterocycles. The van der Waals surface area contributed by atoms with Crippen molar-refractivity contribution in [2.24, 2.45) is 0 Å². The first-order valence-electron chi connectivity index (χ1n) is 9.92. The molecule has 1 aliphatic rings. The summed E-state index contributed by atoms with van der Waals surface area (Å²) in [5, 5.41) is 2.91. The van der Waals surface area contributed by atoms with Crippen LogP contribution in [0.15, 0.2) is 47.4 Å². The molecule has 1 saturated heterocycles. The Morgan fingerprint density at radius 3 is 2.52 bits per heavy atom. The van der Waals surface area contributed by atoms with Gasteiger partial charge >= 0.3 is 0 Å². The normalized spacial score (nSPS) is 16.2. The van der Waals surface area contributed by atoms with Crippen LogP contribution in [-0.2, 0) is 20.2 Å². The number of nitrogens with zero attached hydrogens (tertiary/aromatic N) is 1. The molecule has 1 heterocycles. The van der Waals surface area contributed by atoms with Crippen LogP contribution in [-0.4, -0.2) is 59.6 Å². The van der Waals surface area contributed by atoms with Gasteiger partial charge in [0.1, 0.15) is 16.5 Å². The molecule has 1 fully saturated rings. The Morgan fingerprint density at radius 2 is 1.90 bits per heavy atom. The van der Waals surface area contributed by atoms with Crippen molar-refractivity contribution in [2.75, 3.05) is 41.0 Å². The van der Waals surface area contributed by atoms with Gasteiger partial charge in [-0.15, -0.1) is 0 Å². The Hall–Kier alpha value is -2.49. The Morgan fingerprint density at radius 1 is 1.19 bits per heavy atom. The highest BCUT2D eigenvalue weighted by atomic mass is 32.2. The largest absolute Gasteiger partial charge is 0.495 e. The molecule has 0 spiro atoms. The number of halogens is 1. The van der Waals surface area contributed by atoms with E-state index in [0.717, 1.165) is 9.87 Å². The van der Waals surface area contributed by atoms with Crippen LogP contribution in [0.25, 0.3) is 0 Å². The topological polar surface area (TPSA) is 84.9 Å². The van der Waals surface area contributed by atoms with Gasteiger partial charge in [-0.3, -0.25) is 4.79 Å². The molecular weight excluding hydrogens is 423 g/mol. The van der Waals surface area contributed by atoms with E-state index in [1.54, 1.807) is 6.07 Å². The van der Waals surface area contributed by atoms with Crippen molar-refractivity contribution < 1.29 is 27.1 Å². The van der Waals surface area contributed by atoms with Crippen LogP contribution in [0.1, 0.15) is 28.8 Å². The number of hydrogen-bond donors (Lipinski definition) is 1. The number of methoxy groups -OCH3 is 1. The second-order valence-electron chi connectivity index (χ2n) is 7.74. The second-order valence-corrected chi connectivity index (χ2v) is 9.86. The summed E-state index contributed by atoms with van der Waals surface area (Å²) >= 11 is 0. The predicted octanol–water partition coefficient (Wildman–Crippen LogP) is 2.56. The molecule has 2 aromatic rings. The summed E-state index contributed by atoms with van der Waals surface area (Å²) in [7, 11) is 0.396. The van der Waals surface area contributed by atoms with Gasteiger partial charge < -0.3 is 14.8 Å². The minimum atomic E-state index is -3.80. The van der Waals surface area contributed by atoms with Gasteiger partial charge in [-0.05, 0) is 48.7 Å². The first-order valence-corrected chi connectivity index (χ1v) is 11.4. The zero-order valence-corrected chi connectivity index (χ0v) is 18.7. The molecule has 9 heteroatoms. The van der Waals surface area contributed by atoms with Crippen molar-refractivity contribution in [1.29, 1.82) is 0 Å². The van der Waals surface area contributed by atoms with Crippen molar-refractivity contribution >= 4 is 15.9 Å². The maximum absolute atomic E-state index is 13.9. The standard InChI is InChI=1S/C22H27FN2O5S/c1-25(2)31(27,28)20-13-16(7-8-19(20)29-3)21(26)24-15-22(9-11-30-12-10-22)17-5-4-6-18(23)14-17/h4-8,13-14H,9-12,15H2,1-3H3,(H,24,26). The quantitative estimate of drug-likeness (QED) is 0.701. The SMILES string of the molecule is COc1ccc(C(=O)NCC2(c3cccc(F)c3)CCOCC2)cc1S(=O)(=O)N(C)C. The minimum absolute atomic E-state index is 0.0847. The minimum Gasteiger partial charge on any atom is -0.495 e. The fourth-order valence-electron chi connectivity index (χ4n) is 3.72. The number of benzene rings is 2. The first-order chi connectivity index (χ1) is 14.7. The van der Waals surface area contributed by atoms with Crippen LogP contribution in [0.3, 0.4) is 0 Å². The third-order valence-corrected chi connectivity index (χ3v) is 7.49. The van der Waals surface area contributed by atoms with E-state index in [4.69, 9.17) is 9.47 Å². The van der Waals surface area contributed by atoms with E-state index in [2.05, 4.69) is 5.32 Å². The third kappa shape index (κ3) is 4.89. The molecular formula is C22H27FN2O5S. The van der Waals surface area contributed by atoms with Crippen molar-refractivity contribution in [3.63, 3.8) is 0 Å². The van der Waals surface area contributed by atoms with Gasteiger partial charge in [0.15, 0.2) is 0 Å². The first kappa shape index (κ1) is 23.2. The molecule has 0 atom stereocenters. The number of carbonyl (C=O) groups excluding carboxylic acids is 1. The zero-order valence-electron chi connectivity index (χ0n) is 17.9. The van der Waals surface area contributed by atoms with Crippen LogP contribution in [0.5, 0.6) is 5.75 Å². The molecule has 0 aromatic heterocycles. The van der Waals surface area contributed by atoms with E-state index in [1.165, 1.54) is 51.5 Å². The van der Waals surface area contributed by atoms with Crippen LogP contribution < -0.4 is 10.1 Å². The maximum Gasteiger partial charge on any atom is 0.251 e. The number of amides is 1. The lowest BCUT2D eigenvalue weighted by molar-refractivity contribution is 0.0486. The number of nitrogens with one attached hydrogen (secondary N) is 1. The molecule has 3 rings (SSSR count). The molecule has 0 radical (unpaired) electrons. The average Bonchev–Trinajstić information content (AvgIpc) is 2.77. The highest BCUT2D eigenvalue weighted by Crippen LogP contribution is 2.35. The predicted molar refractivity (Wildman–Crippen MR) is 114 cm³/mol. The van der Waals surface area contributed by atoms with Gasteiger partial charge in [-0.25, -0.2) is 17.1 Å². The molecule has 0 saturated carbocycles. The summed E-state index contributed by atoms with van der Waals surface area (Å²) in [4.78, 5) is 12.8. The molecule has 7 nitrogen and oxygen atoms in total. The van der Waals surface area contributed by atoms with Gasteiger partial charge in [0, 0.05) is 44.8 Å². The van der Waals surface area contributed by atoms with E-state index in [0.29, 0.717) is 26.1 Å². The van der Waals surface area contributed by atoms with E-state index >= 15 is 0 Å². The monoisotopic (exact) mass is 450 g/mol. The fourth-order valence-corrected chi connectivity index (χ4v) is 4.79. The van der Waals surface area contributed by atoms with Crippen molar-refractivity contribution in [3.8, 4) is 5.75 Å². The second kappa shape index (κ2) is 9.33. The molecule has 0 bridgehead atoms. The summed E-state index contributed by atoms with van der Waals surface area (Å²) in [6.45, 7) is 1.31. The summed E-state index contributed by atoms with van der Waals surface area (Å²) in [6, 6.07) is 10.7. The van der Waals surface area contributed by atoms with Crippen LogP contribution in [0, 0.1) is 5.82 Å². The lowest BCUT2D eigenvalue weighted by Gasteiger charge is -2.38. The van der Waals surface area contributed by atoms with Gasteiger partial charge in [0.2, 0.25) is 10.0 Å². The van der Waals surface area contributed by atoms with E-state index in [1.807, 2.05) is 6.07 Å². The number of carbonyl (C=O) groups is 1. The van der Waals surface area contributed by atoms with Crippen LogP contribution in [0.2, 0.25) is 0 Å². The highest BCUT2D eigenvalue weighted by Gasteiger charge is 2.35. The maximum atomic E-state index is 13.9. The Balaban J connectivity index is 1.87. The van der Waals surface area contributed by atoms with Gasteiger partial charge in [0.25, 0.3) is 5.91 Å². The van der Waals surface area contributed by atoms with E-state index in [-0.39, 0.29) is 28.6 Å². The van der Waals surface area contributed by atoms with Crippen molar-refractivity contribution in [2.45, 2.75) is 23.2 Å². The summed E-state index contributed by atoms with van der Waals surface area (Å²) in [5.74, 6) is -0.588. The van der Waals surface area contributed by atoms with Gasteiger partial charge in [0.05, 0.1) is 7.11 Å². The summed E-state index contributed by atoms with van der Waals surface area (Å²) in [5.41, 5.74) is 0.547. The molecule has 2 aromatic carbocycles. The van der Waals surface area contributed by atoms with Crippen LogP contribution >= 0.6 is 0 Å². The van der Waals surface area contributed by atoms with Crippen LogP contribution in [0.4, 0.5) is 4.39 Å². The van der Waals surface area contributed by atoms with E-state index < -0.39 is 21.3 Å². The number of sulfonamides is 1. The zero-order chi connectivity index (χ0) is 22.6. The van der Waals surface area contributed by atoms with E-state index in [9.17, 15) is 17.6 Å². The smallest absolute Gasteiger partial charge is 0.251 e. The molecule has 1 N–H and O–H groups in total. The van der Waals surface area contributed by atoms with Gasteiger partial charge in [-0.2, -0.15) is 0 Å². The lowest BCUT2D eigenvalue weighted by Crippen LogP contribution is -2.44. The van der Waals surface area contributed by atoms with Crippen molar-refractivity contribution in [3.05, 3.63) is 59.4 Å². The molecule has 0 aliphatic carbocycles. The molecule has 31 heavy (non-hydrogen) atoms. The molecule has 0 unspecified atom stereocenters.